The summed E-state index contributed by atoms with van der Waals surface area (Å²) in [5.74, 6) is 0. The Balaban J connectivity index is 1.27. The smallest absolute Gasteiger partial charge is 0.410 e. The minimum absolute atomic E-state index is 0.198. The van der Waals surface area contributed by atoms with Gasteiger partial charge in [0.05, 0.1) is 29.8 Å². The highest BCUT2D eigenvalue weighted by Crippen LogP contribution is 2.41. The van der Waals surface area contributed by atoms with Crippen LogP contribution in [-0.2, 0) is 17.8 Å². The molecule has 1 amide bonds. The molecule has 30 heavy (non-hydrogen) atoms. The van der Waals surface area contributed by atoms with Crippen molar-refractivity contribution in [3.05, 3.63) is 41.7 Å². The van der Waals surface area contributed by atoms with Crippen LogP contribution in [0.3, 0.4) is 0 Å². The number of para-hydroxylation sites is 2. The molecule has 3 aliphatic rings. The van der Waals surface area contributed by atoms with Crippen LogP contribution in [0.4, 0.5) is 16.2 Å². The third-order valence-corrected chi connectivity index (χ3v) is 6.15. The second kappa shape index (κ2) is 7.19. The van der Waals surface area contributed by atoms with E-state index in [-0.39, 0.29) is 6.09 Å². The lowest BCUT2D eigenvalue weighted by atomic mass is 10.0. The maximum absolute atomic E-state index is 12.4. The zero-order chi connectivity index (χ0) is 20.9. The van der Waals surface area contributed by atoms with Crippen LogP contribution < -0.4 is 9.91 Å². The van der Waals surface area contributed by atoms with E-state index in [1.54, 1.807) is 0 Å². The molecule has 5 rings (SSSR count). The molecule has 0 atom stereocenters. The number of hydrogen-bond acceptors (Lipinski definition) is 6. The number of hydrogen-bond donors (Lipinski definition) is 1. The van der Waals surface area contributed by atoms with Crippen LogP contribution >= 0.6 is 0 Å². The molecule has 3 aliphatic heterocycles. The molecule has 1 saturated heterocycles. The van der Waals surface area contributed by atoms with Gasteiger partial charge in [0.15, 0.2) is 0 Å². The number of aromatic amines is 1. The number of carbonyl (C=O) groups is 1. The molecule has 1 aromatic carbocycles. The molecular formula is C22H30N6O2. The van der Waals surface area contributed by atoms with Gasteiger partial charge in [-0.15, -0.1) is 0 Å². The molecular weight excluding hydrogens is 380 g/mol. The molecule has 1 aromatic heterocycles. The number of piperidine rings is 1. The topological polar surface area (TPSA) is 67.9 Å². The number of likely N-dealkylation sites (tertiary alicyclic amines) is 1. The van der Waals surface area contributed by atoms with E-state index in [0.29, 0.717) is 6.04 Å². The van der Waals surface area contributed by atoms with Crippen LogP contribution in [0.5, 0.6) is 0 Å². The Morgan fingerprint density at radius 1 is 1.13 bits per heavy atom. The highest BCUT2D eigenvalue weighted by molar-refractivity contribution is 5.76. The van der Waals surface area contributed by atoms with Crippen molar-refractivity contribution in [1.82, 2.24) is 20.1 Å². The van der Waals surface area contributed by atoms with Gasteiger partial charge in [-0.25, -0.2) is 9.80 Å². The number of amides is 1. The van der Waals surface area contributed by atoms with Crippen LogP contribution in [0.2, 0.25) is 0 Å². The van der Waals surface area contributed by atoms with Crippen molar-refractivity contribution in [2.45, 2.75) is 58.3 Å². The molecule has 2 aromatic rings. The first kappa shape index (κ1) is 19.2. The Kier molecular flexibility index (Phi) is 4.61. The monoisotopic (exact) mass is 410 g/mol. The molecule has 0 aliphatic carbocycles. The average Bonchev–Trinajstić information content (AvgIpc) is 3.39. The summed E-state index contributed by atoms with van der Waals surface area (Å²) in [4.78, 5) is 16.8. The van der Waals surface area contributed by atoms with Crippen molar-refractivity contribution in [3.8, 4) is 0 Å². The number of hydrazine groups is 1. The third kappa shape index (κ3) is 3.49. The normalized spacial score (nSPS) is 19.9. The van der Waals surface area contributed by atoms with Gasteiger partial charge in [-0.3, -0.25) is 10.1 Å². The van der Waals surface area contributed by atoms with E-state index in [4.69, 9.17) is 4.74 Å². The Morgan fingerprint density at radius 2 is 1.87 bits per heavy atom. The lowest BCUT2D eigenvalue weighted by Gasteiger charge is -2.39. The molecule has 0 spiro atoms. The molecule has 160 valence electrons. The minimum Gasteiger partial charge on any atom is -0.444 e. The zero-order valence-corrected chi connectivity index (χ0v) is 18.0. The second-order valence-corrected chi connectivity index (χ2v) is 9.39. The SMILES string of the molecule is CC(C)(C)OC(=O)N1CCC(N2CN(N3Cc4cn[nH]c4C3)c3ccccc32)CC1. The number of benzene rings is 1. The predicted molar refractivity (Wildman–Crippen MR) is 115 cm³/mol. The van der Waals surface area contributed by atoms with Crippen molar-refractivity contribution in [3.63, 3.8) is 0 Å². The lowest BCUT2D eigenvalue weighted by Crippen LogP contribution is -2.50. The summed E-state index contributed by atoms with van der Waals surface area (Å²) in [5, 5.41) is 12.1. The molecule has 0 unspecified atom stereocenters. The van der Waals surface area contributed by atoms with Crippen molar-refractivity contribution in [2.75, 3.05) is 29.7 Å². The first-order valence-corrected chi connectivity index (χ1v) is 10.8. The molecule has 1 fully saturated rings. The summed E-state index contributed by atoms with van der Waals surface area (Å²) >= 11 is 0. The Morgan fingerprint density at radius 3 is 2.57 bits per heavy atom. The van der Waals surface area contributed by atoms with Crippen LogP contribution in [0.15, 0.2) is 30.5 Å². The minimum atomic E-state index is -0.452. The number of fused-ring (bicyclic) bond motifs is 2. The highest BCUT2D eigenvalue weighted by Gasteiger charge is 2.38. The summed E-state index contributed by atoms with van der Waals surface area (Å²) in [5.41, 5.74) is 4.56. The maximum Gasteiger partial charge on any atom is 0.410 e. The van der Waals surface area contributed by atoms with Gasteiger partial charge < -0.3 is 14.5 Å². The van der Waals surface area contributed by atoms with Gasteiger partial charge in [-0.1, -0.05) is 12.1 Å². The van der Waals surface area contributed by atoms with Crippen molar-refractivity contribution < 1.29 is 9.53 Å². The van der Waals surface area contributed by atoms with Crippen LogP contribution in [0.1, 0.15) is 44.9 Å². The predicted octanol–water partition coefficient (Wildman–Crippen LogP) is 3.32. The quantitative estimate of drug-likeness (QED) is 0.819. The number of carbonyl (C=O) groups excluding carboxylic acids is 1. The van der Waals surface area contributed by atoms with Crippen LogP contribution in [0, 0.1) is 0 Å². The summed E-state index contributed by atoms with van der Waals surface area (Å²) in [6.07, 6.45) is 3.63. The van der Waals surface area contributed by atoms with Gasteiger partial charge in [-0.05, 0) is 45.7 Å². The highest BCUT2D eigenvalue weighted by atomic mass is 16.6. The summed E-state index contributed by atoms with van der Waals surface area (Å²) in [6.45, 7) is 9.79. The molecule has 4 heterocycles. The van der Waals surface area contributed by atoms with E-state index in [2.05, 4.69) is 49.4 Å². The maximum atomic E-state index is 12.4. The number of nitrogens with zero attached hydrogens (tertiary/aromatic N) is 5. The van der Waals surface area contributed by atoms with Gasteiger partial charge in [-0.2, -0.15) is 5.10 Å². The van der Waals surface area contributed by atoms with E-state index in [1.807, 2.05) is 31.9 Å². The van der Waals surface area contributed by atoms with Gasteiger partial charge in [0.25, 0.3) is 0 Å². The summed E-state index contributed by atoms with van der Waals surface area (Å²) in [6, 6.07) is 9.05. The van der Waals surface area contributed by atoms with Gasteiger partial charge >= 0.3 is 6.09 Å². The second-order valence-electron chi connectivity index (χ2n) is 9.39. The van der Waals surface area contributed by atoms with E-state index in [0.717, 1.165) is 45.7 Å². The zero-order valence-electron chi connectivity index (χ0n) is 18.0. The lowest BCUT2D eigenvalue weighted by molar-refractivity contribution is 0.0204. The third-order valence-electron chi connectivity index (χ3n) is 6.15. The summed E-state index contributed by atoms with van der Waals surface area (Å²) in [7, 11) is 0. The molecule has 8 heteroatoms. The fraction of sp³-hybridized carbons (Fsp3) is 0.545. The average molecular weight is 411 g/mol. The van der Waals surface area contributed by atoms with Gasteiger partial charge in [0.1, 0.15) is 12.3 Å². The van der Waals surface area contributed by atoms with Crippen LogP contribution in [-0.4, -0.2) is 57.6 Å². The van der Waals surface area contributed by atoms with Crippen molar-refractivity contribution in [1.29, 1.82) is 0 Å². The number of anilines is 2. The van der Waals surface area contributed by atoms with Crippen molar-refractivity contribution >= 4 is 17.5 Å². The standard InChI is InChI=1S/C22H30N6O2/c1-22(2,3)30-21(29)25-10-8-17(9-11-25)27-15-28(20-7-5-4-6-19(20)27)26-13-16-12-23-24-18(16)14-26/h4-7,12,17H,8-11,13-15H2,1-3H3,(H,23,24). The fourth-order valence-electron chi connectivity index (χ4n) is 4.68. The number of rotatable bonds is 2. The number of H-pyrrole nitrogens is 1. The first-order valence-electron chi connectivity index (χ1n) is 10.8. The largest absolute Gasteiger partial charge is 0.444 e. The number of nitrogens with one attached hydrogen (secondary N) is 1. The Labute approximate surface area is 177 Å². The summed E-state index contributed by atoms with van der Waals surface area (Å²) < 4.78 is 5.55. The van der Waals surface area contributed by atoms with E-state index >= 15 is 0 Å². The Bertz CT molecular complexity index is 907. The van der Waals surface area contributed by atoms with Crippen molar-refractivity contribution in [2.24, 2.45) is 0 Å². The van der Waals surface area contributed by atoms with E-state index in [9.17, 15) is 4.79 Å². The molecule has 1 N–H and O–H groups in total. The molecule has 0 radical (unpaired) electrons. The van der Waals surface area contributed by atoms with Gasteiger partial charge in [0, 0.05) is 31.2 Å². The fourth-order valence-corrected chi connectivity index (χ4v) is 4.68. The first-order chi connectivity index (χ1) is 14.4. The molecule has 8 nitrogen and oxygen atoms in total. The number of aromatic nitrogens is 2. The Hall–Kier alpha value is -2.74. The van der Waals surface area contributed by atoms with E-state index < -0.39 is 5.60 Å². The van der Waals surface area contributed by atoms with Crippen LogP contribution in [0.25, 0.3) is 0 Å². The molecule has 0 saturated carbocycles. The molecule has 0 bridgehead atoms. The number of ether oxygens (including phenoxy) is 1. The van der Waals surface area contributed by atoms with E-state index in [1.165, 1.54) is 22.6 Å². The van der Waals surface area contributed by atoms with Gasteiger partial charge in [0.2, 0.25) is 0 Å².